The maximum absolute atomic E-state index is 12.3. The van der Waals surface area contributed by atoms with Gasteiger partial charge in [0.05, 0.1) is 0 Å². The molecule has 0 radical (unpaired) electrons. The highest BCUT2D eigenvalue weighted by Crippen LogP contribution is 2.24. The van der Waals surface area contributed by atoms with Crippen molar-refractivity contribution >= 4 is 5.78 Å². The molecule has 2 heterocycles. The van der Waals surface area contributed by atoms with E-state index in [2.05, 4.69) is 15.2 Å². The molecule has 0 aliphatic rings. The molecule has 0 atom stereocenters. The summed E-state index contributed by atoms with van der Waals surface area (Å²) in [5, 5.41) is 6.49. The van der Waals surface area contributed by atoms with Crippen LogP contribution in [0.3, 0.4) is 0 Å². The molecule has 2 N–H and O–H groups in total. The van der Waals surface area contributed by atoms with E-state index in [-0.39, 0.29) is 5.78 Å². The number of ketones is 1. The third-order valence-electron chi connectivity index (χ3n) is 2.82. The number of aromatic nitrogens is 3. The standard InChI is InChI=1S/C14H11N3O/c18-14(13-6-7-16-17-13)12-9-15-8-11(12)10-4-2-1-3-5-10/h1-9,15H,(H,16,17). The Morgan fingerprint density at radius 1 is 1.06 bits per heavy atom. The fourth-order valence-electron chi connectivity index (χ4n) is 1.94. The summed E-state index contributed by atoms with van der Waals surface area (Å²) in [6.45, 7) is 0. The molecule has 0 bridgehead atoms. The smallest absolute Gasteiger partial charge is 0.212 e. The molecule has 0 saturated carbocycles. The number of H-pyrrole nitrogens is 2. The van der Waals surface area contributed by atoms with Crippen molar-refractivity contribution in [2.75, 3.05) is 0 Å². The van der Waals surface area contributed by atoms with Crippen molar-refractivity contribution in [3.8, 4) is 11.1 Å². The van der Waals surface area contributed by atoms with Gasteiger partial charge < -0.3 is 4.98 Å². The third-order valence-corrected chi connectivity index (χ3v) is 2.82. The van der Waals surface area contributed by atoms with Crippen LogP contribution >= 0.6 is 0 Å². The molecule has 0 spiro atoms. The van der Waals surface area contributed by atoms with E-state index in [4.69, 9.17) is 0 Å². The van der Waals surface area contributed by atoms with E-state index in [0.717, 1.165) is 11.1 Å². The van der Waals surface area contributed by atoms with Crippen LogP contribution in [0, 0.1) is 0 Å². The van der Waals surface area contributed by atoms with Gasteiger partial charge in [-0.2, -0.15) is 5.10 Å². The van der Waals surface area contributed by atoms with Crippen LogP contribution in [0.4, 0.5) is 0 Å². The van der Waals surface area contributed by atoms with Crippen LogP contribution in [0.2, 0.25) is 0 Å². The molecule has 4 heteroatoms. The lowest BCUT2D eigenvalue weighted by Gasteiger charge is -2.01. The minimum atomic E-state index is -0.0624. The molecule has 0 amide bonds. The number of nitrogens with zero attached hydrogens (tertiary/aromatic N) is 1. The second-order valence-electron chi connectivity index (χ2n) is 3.95. The number of rotatable bonds is 3. The van der Waals surface area contributed by atoms with Crippen LogP contribution in [0.1, 0.15) is 16.1 Å². The van der Waals surface area contributed by atoms with Gasteiger partial charge in [0.15, 0.2) is 0 Å². The molecular formula is C14H11N3O. The average Bonchev–Trinajstić information content (AvgIpc) is 3.10. The fraction of sp³-hybridized carbons (Fsp3) is 0. The lowest BCUT2D eigenvalue weighted by atomic mass is 10.0. The normalized spacial score (nSPS) is 10.4. The fourth-order valence-corrected chi connectivity index (χ4v) is 1.94. The van der Waals surface area contributed by atoms with Crippen molar-refractivity contribution in [2.24, 2.45) is 0 Å². The van der Waals surface area contributed by atoms with Gasteiger partial charge in [0.2, 0.25) is 5.78 Å². The molecule has 88 valence electrons. The van der Waals surface area contributed by atoms with Crippen LogP contribution in [0.15, 0.2) is 55.0 Å². The summed E-state index contributed by atoms with van der Waals surface area (Å²) in [7, 11) is 0. The van der Waals surface area contributed by atoms with Crippen molar-refractivity contribution in [3.63, 3.8) is 0 Å². The molecule has 0 aliphatic carbocycles. The number of hydrogen-bond donors (Lipinski definition) is 2. The summed E-state index contributed by atoms with van der Waals surface area (Å²) in [6.07, 6.45) is 5.12. The minimum absolute atomic E-state index is 0.0624. The predicted molar refractivity (Wildman–Crippen MR) is 68.2 cm³/mol. The summed E-state index contributed by atoms with van der Waals surface area (Å²) >= 11 is 0. The Kier molecular flexibility index (Phi) is 2.53. The molecule has 0 unspecified atom stereocenters. The van der Waals surface area contributed by atoms with Gasteiger partial charge in [-0.3, -0.25) is 9.89 Å². The highest BCUT2D eigenvalue weighted by Gasteiger charge is 2.16. The van der Waals surface area contributed by atoms with Gasteiger partial charge in [0.25, 0.3) is 0 Å². The van der Waals surface area contributed by atoms with E-state index in [1.807, 2.05) is 36.5 Å². The first-order chi connectivity index (χ1) is 8.86. The zero-order valence-corrected chi connectivity index (χ0v) is 9.55. The summed E-state index contributed by atoms with van der Waals surface area (Å²) in [4.78, 5) is 15.3. The van der Waals surface area contributed by atoms with E-state index in [0.29, 0.717) is 11.3 Å². The number of benzene rings is 1. The van der Waals surface area contributed by atoms with Crippen LogP contribution < -0.4 is 0 Å². The molecule has 3 aromatic rings. The van der Waals surface area contributed by atoms with Gasteiger partial charge in [0.1, 0.15) is 5.69 Å². The van der Waals surface area contributed by atoms with Crippen LogP contribution in [-0.4, -0.2) is 21.0 Å². The molecule has 0 saturated heterocycles. The van der Waals surface area contributed by atoms with Crippen LogP contribution in [0.5, 0.6) is 0 Å². The zero-order valence-electron chi connectivity index (χ0n) is 9.55. The SMILES string of the molecule is O=C(c1ccn[nH]1)c1c[nH]cc1-c1ccccc1. The Balaban J connectivity index is 2.05. The van der Waals surface area contributed by atoms with E-state index in [1.165, 1.54) is 0 Å². The second kappa shape index (κ2) is 4.33. The molecule has 1 aromatic carbocycles. The van der Waals surface area contributed by atoms with Crippen molar-refractivity contribution in [2.45, 2.75) is 0 Å². The van der Waals surface area contributed by atoms with Gasteiger partial charge >= 0.3 is 0 Å². The number of aromatic amines is 2. The first-order valence-corrected chi connectivity index (χ1v) is 5.62. The molecule has 0 aliphatic heterocycles. The molecular weight excluding hydrogens is 226 g/mol. The molecule has 2 aromatic heterocycles. The van der Waals surface area contributed by atoms with Crippen molar-refractivity contribution in [1.29, 1.82) is 0 Å². The predicted octanol–water partition coefficient (Wildman–Crippen LogP) is 2.64. The van der Waals surface area contributed by atoms with Gasteiger partial charge in [-0.15, -0.1) is 0 Å². The number of hydrogen-bond acceptors (Lipinski definition) is 2. The first-order valence-electron chi connectivity index (χ1n) is 5.62. The monoisotopic (exact) mass is 237 g/mol. The van der Waals surface area contributed by atoms with Crippen molar-refractivity contribution < 1.29 is 4.79 Å². The Hall–Kier alpha value is -2.62. The lowest BCUT2D eigenvalue weighted by Crippen LogP contribution is -2.02. The molecule has 0 fully saturated rings. The first kappa shape index (κ1) is 10.5. The van der Waals surface area contributed by atoms with Crippen LogP contribution in [-0.2, 0) is 0 Å². The quantitative estimate of drug-likeness (QED) is 0.688. The summed E-state index contributed by atoms with van der Waals surface area (Å²) in [5.74, 6) is -0.0624. The second-order valence-corrected chi connectivity index (χ2v) is 3.95. The topological polar surface area (TPSA) is 61.5 Å². The Labute approximate surface area is 104 Å². The van der Waals surface area contributed by atoms with Gasteiger partial charge in [0, 0.05) is 29.7 Å². The summed E-state index contributed by atoms with van der Waals surface area (Å²) in [6, 6.07) is 11.5. The molecule has 18 heavy (non-hydrogen) atoms. The Bertz CT molecular complexity index is 653. The van der Waals surface area contributed by atoms with Gasteiger partial charge in [-0.1, -0.05) is 30.3 Å². The Morgan fingerprint density at radius 3 is 2.61 bits per heavy atom. The third kappa shape index (κ3) is 1.73. The van der Waals surface area contributed by atoms with Crippen LogP contribution in [0.25, 0.3) is 11.1 Å². The minimum Gasteiger partial charge on any atom is -0.366 e. The van der Waals surface area contributed by atoms with Crippen molar-refractivity contribution in [3.05, 3.63) is 66.2 Å². The largest absolute Gasteiger partial charge is 0.366 e. The van der Waals surface area contributed by atoms with Gasteiger partial charge in [-0.25, -0.2) is 0 Å². The Morgan fingerprint density at radius 2 is 1.89 bits per heavy atom. The number of carbonyl (C=O) groups excluding carboxylic acids is 1. The lowest BCUT2D eigenvalue weighted by molar-refractivity contribution is 0.103. The van der Waals surface area contributed by atoms with Gasteiger partial charge in [-0.05, 0) is 11.6 Å². The number of nitrogens with one attached hydrogen (secondary N) is 2. The zero-order chi connectivity index (χ0) is 12.4. The van der Waals surface area contributed by atoms with E-state index < -0.39 is 0 Å². The molecule has 4 nitrogen and oxygen atoms in total. The maximum atomic E-state index is 12.3. The maximum Gasteiger partial charge on any atom is 0.212 e. The van der Waals surface area contributed by atoms with E-state index >= 15 is 0 Å². The average molecular weight is 237 g/mol. The summed E-state index contributed by atoms with van der Waals surface area (Å²) in [5.41, 5.74) is 3.05. The highest BCUT2D eigenvalue weighted by atomic mass is 16.1. The number of carbonyl (C=O) groups is 1. The molecule has 3 rings (SSSR count). The van der Waals surface area contributed by atoms with Crippen molar-refractivity contribution in [1.82, 2.24) is 15.2 Å². The summed E-state index contributed by atoms with van der Waals surface area (Å²) < 4.78 is 0. The van der Waals surface area contributed by atoms with E-state index in [1.54, 1.807) is 18.5 Å². The van der Waals surface area contributed by atoms with E-state index in [9.17, 15) is 4.79 Å². The highest BCUT2D eigenvalue weighted by molar-refractivity contribution is 6.11.